The van der Waals surface area contributed by atoms with Crippen molar-refractivity contribution in [3.8, 4) is 0 Å². The van der Waals surface area contributed by atoms with Crippen molar-refractivity contribution >= 4 is 0 Å². The molecule has 0 bridgehead atoms. The van der Waals surface area contributed by atoms with Crippen molar-refractivity contribution in [1.29, 1.82) is 0 Å². The normalized spacial score (nSPS) is 13.5. The van der Waals surface area contributed by atoms with Crippen LogP contribution in [0.25, 0.3) is 0 Å². The molecule has 0 aliphatic rings. The Morgan fingerprint density at radius 3 is 2.08 bits per heavy atom. The third-order valence-electron chi connectivity index (χ3n) is 4.62. The maximum atomic E-state index is 6.08. The number of ether oxygens (including phenoxy) is 3. The van der Waals surface area contributed by atoms with Gasteiger partial charge in [-0.1, -0.05) is 46.1 Å². The molecule has 1 atom stereocenters. The molecule has 3 nitrogen and oxygen atoms in total. The van der Waals surface area contributed by atoms with Gasteiger partial charge in [0.15, 0.2) is 5.79 Å². The van der Waals surface area contributed by atoms with E-state index in [9.17, 15) is 0 Å². The Balaban J connectivity index is 4.13. The van der Waals surface area contributed by atoms with Crippen LogP contribution in [0.2, 0.25) is 0 Å². The van der Waals surface area contributed by atoms with Crippen molar-refractivity contribution in [2.45, 2.75) is 105 Å². The van der Waals surface area contributed by atoms with Gasteiger partial charge in [0.2, 0.25) is 0 Å². The molecular weight excluding hydrogens is 312 g/mol. The lowest BCUT2D eigenvalue weighted by molar-refractivity contribution is -0.242. The first kappa shape index (κ1) is 24.5. The summed E-state index contributed by atoms with van der Waals surface area (Å²) in [5.41, 5.74) is 0. The van der Waals surface area contributed by atoms with Gasteiger partial charge in [0.25, 0.3) is 0 Å². The highest BCUT2D eigenvalue weighted by molar-refractivity contribution is 4.72. The van der Waals surface area contributed by atoms with Crippen LogP contribution in [-0.4, -0.2) is 25.6 Å². The van der Waals surface area contributed by atoms with Crippen molar-refractivity contribution in [2.24, 2.45) is 5.92 Å². The van der Waals surface area contributed by atoms with E-state index in [1.165, 1.54) is 38.5 Å². The summed E-state index contributed by atoms with van der Waals surface area (Å²) in [4.78, 5) is 0. The fourth-order valence-corrected chi connectivity index (χ4v) is 3.24. The molecule has 0 spiro atoms. The number of unbranched alkanes of at least 4 members (excludes halogenated alkanes) is 2. The predicted octanol–water partition coefficient (Wildman–Crippen LogP) is 6.86. The highest BCUT2D eigenvalue weighted by Gasteiger charge is 2.30. The first-order valence-corrected chi connectivity index (χ1v) is 10.7. The van der Waals surface area contributed by atoms with Crippen LogP contribution >= 0.6 is 0 Å². The van der Waals surface area contributed by atoms with E-state index < -0.39 is 0 Å². The van der Waals surface area contributed by atoms with Crippen molar-refractivity contribution in [1.82, 2.24) is 0 Å². The van der Waals surface area contributed by atoms with Gasteiger partial charge in [-0.2, -0.15) is 0 Å². The Morgan fingerprint density at radius 2 is 1.48 bits per heavy atom. The summed E-state index contributed by atoms with van der Waals surface area (Å²) in [5.74, 6) is 0.377. The maximum absolute atomic E-state index is 6.08. The average Bonchev–Trinajstić information content (AvgIpc) is 2.59. The van der Waals surface area contributed by atoms with Crippen LogP contribution < -0.4 is 0 Å². The second-order valence-electron chi connectivity index (χ2n) is 7.02. The number of allylic oxidation sites excluding steroid dienone is 1. The first-order chi connectivity index (χ1) is 12.1. The Kier molecular flexibility index (Phi) is 16.5. The lowest BCUT2D eigenvalue weighted by Crippen LogP contribution is -2.36. The highest BCUT2D eigenvalue weighted by Crippen LogP contribution is 2.29. The van der Waals surface area contributed by atoms with Gasteiger partial charge in [-0.25, -0.2) is 0 Å². The quantitative estimate of drug-likeness (QED) is 0.152. The molecule has 0 aliphatic heterocycles. The van der Waals surface area contributed by atoms with Crippen LogP contribution in [0.3, 0.4) is 0 Å². The topological polar surface area (TPSA) is 27.7 Å². The van der Waals surface area contributed by atoms with Gasteiger partial charge in [0.05, 0.1) is 12.9 Å². The van der Waals surface area contributed by atoms with E-state index in [1.54, 1.807) is 0 Å². The first-order valence-electron chi connectivity index (χ1n) is 10.7. The van der Waals surface area contributed by atoms with Gasteiger partial charge in [-0.15, -0.1) is 0 Å². The molecule has 0 aromatic carbocycles. The monoisotopic (exact) mass is 356 g/mol. The molecule has 3 heteroatoms. The number of rotatable bonds is 18. The molecule has 0 saturated carbocycles. The van der Waals surface area contributed by atoms with Crippen molar-refractivity contribution in [3.05, 3.63) is 12.3 Å². The maximum Gasteiger partial charge on any atom is 0.168 e. The summed E-state index contributed by atoms with van der Waals surface area (Å²) in [7, 11) is 0. The van der Waals surface area contributed by atoms with Gasteiger partial charge < -0.3 is 14.2 Å². The number of hydrogen-bond donors (Lipinski definition) is 0. The zero-order valence-corrected chi connectivity index (χ0v) is 17.6. The minimum atomic E-state index is -0.355. The molecular formula is C22H44O3. The Bertz CT molecular complexity index is 296. The SMILES string of the molecule is CCC=COCCCC(C)CCCC(CCCCC)(OCC)OCC. The zero-order chi connectivity index (χ0) is 18.8. The molecule has 25 heavy (non-hydrogen) atoms. The van der Waals surface area contributed by atoms with Crippen LogP contribution in [-0.2, 0) is 14.2 Å². The van der Waals surface area contributed by atoms with Crippen molar-refractivity contribution in [2.75, 3.05) is 19.8 Å². The van der Waals surface area contributed by atoms with Gasteiger partial charge in [0.1, 0.15) is 0 Å². The summed E-state index contributed by atoms with van der Waals surface area (Å²) in [6.07, 6.45) is 15.4. The summed E-state index contributed by atoms with van der Waals surface area (Å²) < 4.78 is 17.7. The molecule has 1 unspecified atom stereocenters. The third-order valence-corrected chi connectivity index (χ3v) is 4.62. The molecule has 0 fully saturated rings. The third kappa shape index (κ3) is 13.3. The molecule has 0 rings (SSSR count). The summed E-state index contributed by atoms with van der Waals surface area (Å²) in [5, 5.41) is 0. The second kappa shape index (κ2) is 16.9. The predicted molar refractivity (Wildman–Crippen MR) is 108 cm³/mol. The molecule has 0 saturated heterocycles. The zero-order valence-electron chi connectivity index (χ0n) is 17.6. The van der Waals surface area contributed by atoms with E-state index in [-0.39, 0.29) is 5.79 Å². The van der Waals surface area contributed by atoms with E-state index in [4.69, 9.17) is 14.2 Å². The largest absolute Gasteiger partial charge is 0.502 e. The van der Waals surface area contributed by atoms with Gasteiger partial charge >= 0.3 is 0 Å². The summed E-state index contributed by atoms with van der Waals surface area (Å²) in [6.45, 7) is 13.1. The van der Waals surface area contributed by atoms with Crippen molar-refractivity contribution in [3.63, 3.8) is 0 Å². The molecule has 0 aromatic heterocycles. The second-order valence-corrected chi connectivity index (χ2v) is 7.02. The van der Waals surface area contributed by atoms with E-state index in [0.717, 1.165) is 51.4 Å². The van der Waals surface area contributed by atoms with E-state index in [1.807, 2.05) is 6.26 Å². The van der Waals surface area contributed by atoms with Crippen molar-refractivity contribution < 1.29 is 14.2 Å². The van der Waals surface area contributed by atoms with Gasteiger partial charge in [0, 0.05) is 26.1 Å². The van der Waals surface area contributed by atoms with Crippen LogP contribution in [0.4, 0.5) is 0 Å². The van der Waals surface area contributed by atoms with Crippen LogP contribution in [0, 0.1) is 5.92 Å². The Hall–Kier alpha value is -0.540. The minimum Gasteiger partial charge on any atom is -0.502 e. The fraction of sp³-hybridized carbons (Fsp3) is 0.909. The van der Waals surface area contributed by atoms with Crippen LogP contribution in [0.5, 0.6) is 0 Å². The minimum absolute atomic E-state index is 0.355. The lowest BCUT2D eigenvalue weighted by Gasteiger charge is -2.34. The molecule has 0 heterocycles. The van der Waals surface area contributed by atoms with E-state index in [0.29, 0.717) is 0 Å². The number of hydrogen-bond acceptors (Lipinski definition) is 3. The summed E-state index contributed by atoms with van der Waals surface area (Å²) in [6, 6.07) is 0. The van der Waals surface area contributed by atoms with Crippen LogP contribution in [0.1, 0.15) is 98.8 Å². The molecule has 0 N–H and O–H groups in total. The van der Waals surface area contributed by atoms with E-state index >= 15 is 0 Å². The molecule has 0 aliphatic carbocycles. The molecule has 0 amide bonds. The fourth-order valence-electron chi connectivity index (χ4n) is 3.24. The Labute approximate surface area is 157 Å². The lowest BCUT2D eigenvalue weighted by atomic mass is 9.95. The summed E-state index contributed by atoms with van der Waals surface area (Å²) >= 11 is 0. The van der Waals surface area contributed by atoms with E-state index in [2.05, 4.69) is 40.7 Å². The average molecular weight is 357 g/mol. The van der Waals surface area contributed by atoms with Gasteiger partial charge in [-0.05, 0) is 51.9 Å². The molecule has 150 valence electrons. The smallest absolute Gasteiger partial charge is 0.168 e. The molecule has 0 aromatic rings. The standard InChI is InChI=1S/C22H44O3/c1-6-10-12-17-22(24-8-3,25-9-4)18-13-15-21(5)16-14-20-23-19-11-7-2/h11,19,21H,6-10,12-18,20H2,1-5H3. The molecule has 0 radical (unpaired) electrons. The van der Waals surface area contributed by atoms with Crippen LogP contribution in [0.15, 0.2) is 12.3 Å². The van der Waals surface area contributed by atoms with Gasteiger partial charge in [-0.3, -0.25) is 0 Å². The Morgan fingerprint density at radius 1 is 0.840 bits per heavy atom. The highest BCUT2D eigenvalue weighted by atomic mass is 16.7.